The number of rotatable bonds is 7. The summed E-state index contributed by atoms with van der Waals surface area (Å²) in [5, 5.41) is 3.31. The van der Waals surface area contributed by atoms with E-state index in [0.717, 1.165) is 10.5 Å². The zero-order valence-electron chi connectivity index (χ0n) is 17.9. The van der Waals surface area contributed by atoms with Gasteiger partial charge in [-0.1, -0.05) is 41.9 Å². The van der Waals surface area contributed by atoms with Gasteiger partial charge in [-0.15, -0.1) is 0 Å². The lowest BCUT2D eigenvalue weighted by Crippen LogP contribution is -2.37. The molecule has 0 unspecified atom stereocenters. The van der Waals surface area contributed by atoms with Gasteiger partial charge in [0.15, 0.2) is 0 Å². The van der Waals surface area contributed by atoms with Crippen LogP contribution in [-0.2, 0) is 16.1 Å². The van der Waals surface area contributed by atoms with E-state index in [1.54, 1.807) is 73.8 Å². The van der Waals surface area contributed by atoms with E-state index in [-0.39, 0.29) is 18.9 Å². The van der Waals surface area contributed by atoms with E-state index in [4.69, 9.17) is 16.3 Å². The first-order chi connectivity index (χ1) is 16.0. The van der Waals surface area contributed by atoms with Crippen molar-refractivity contribution in [3.8, 4) is 5.75 Å². The van der Waals surface area contributed by atoms with E-state index in [0.29, 0.717) is 22.1 Å². The zero-order chi connectivity index (χ0) is 23.4. The lowest BCUT2D eigenvalue weighted by Gasteiger charge is -2.22. The molecule has 8 heteroatoms. The van der Waals surface area contributed by atoms with Crippen molar-refractivity contribution in [2.75, 3.05) is 17.3 Å². The largest absolute Gasteiger partial charge is 0.497 e. The van der Waals surface area contributed by atoms with Gasteiger partial charge in [-0.3, -0.25) is 9.59 Å². The second kappa shape index (κ2) is 9.75. The molecule has 0 spiro atoms. The molecule has 1 heterocycles. The van der Waals surface area contributed by atoms with Crippen molar-refractivity contribution in [2.45, 2.75) is 19.0 Å². The highest BCUT2D eigenvalue weighted by Crippen LogP contribution is 2.29. The summed E-state index contributed by atoms with van der Waals surface area (Å²) in [6, 6.07) is 21.2. The zero-order valence-corrected chi connectivity index (χ0v) is 18.7. The van der Waals surface area contributed by atoms with Gasteiger partial charge in [0, 0.05) is 17.3 Å². The molecule has 0 radical (unpaired) electrons. The molecule has 0 saturated carbocycles. The molecule has 1 saturated heterocycles. The van der Waals surface area contributed by atoms with Crippen LogP contribution < -0.4 is 15.0 Å². The smallest absolute Gasteiger partial charge is 0.332 e. The van der Waals surface area contributed by atoms with Crippen molar-refractivity contribution in [1.29, 1.82) is 0 Å². The van der Waals surface area contributed by atoms with E-state index in [2.05, 4.69) is 5.32 Å². The molecular formula is C25H22ClN3O4. The first kappa shape index (κ1) is 22.4. The SMILES string of the molecule is COc1cccc(CN2C(=O)N(c3ccccc3)C(=O)[C@@H]2CC(=O)Nc2ccc(Cl)cc2)c1. The Balaban J connectivity index is 1.60. The van der Waals surface area contributed by atoms with Crippen molar-refractivity contribution >= 4 is 40.8 Å². The number of carbonyl (C=O) groups is 3. The lowest BCUT2D eigenvalue weighted by atomic mass is 10.1. The molecule has 4 amide bonds. The molecule has 0 aliphatic carbocycles. The molecule has 33 heavy (non-hydrogen) atoms. The lowest BCUT2D eigenvalue weighted by molar-refractivity contribution is -0.124. The number of urea groups is 1. The second-order valence-corrected chi connectivity index (χ2v) is 7.98. The summed E-state index contributed by atoms with van der Waals surface area (Å²) in [4.78, 5) is 42.0. The average molecular weight is 464 g/mol. The number of halogens is 1. The minimum absolute atomic E-state index is 0.157. The van der Waals surface area contributed by atoms with Crippen LogP contribution in [-0.4, -0.2) is 35.9 Å². The van der Waals surface area contributed by atoms with Crippen molar-refractivity contribution in [2.24, 2.45) is 0 Å². The predicted molar refractivity (Wildman–Crippen MR) is 126 cm³/mol. The van der Waals surface area contributed by atoms with Crippen LogP contribution in [0.1, 0.15) is 12.0 Å². The van der Waals surface area contributed by atoms with Gasteiger partial charge in [-0.05, 0) is 54.1 Å². The molecule has 1 aliphatic rings. The Morgan fingerprint density at radius 1 is 1.00 bits per heavy atom. The second-order valence-electron chi connectivity index (χ2n) is 7.55. The van der Waals surface area contributed by atoms with Gasteiger partial charge < -0.3 is 15.0 Å². The van der Waals surface area contributed by atoms with Gasteiger partial charge in [0.2, 0.25) is 5.91 Å². The topological polar surface area (TPSA) is 79.0 Å². The third kappa shape index (κ3) is 4.99. The molecule has 4 rings (SSSR count). The quantitative estimate of drug-likeness (QED) is 0.514. The van der Waals surface area contributed by atoms with Crippen LogP contribution in [0.2, 0.25) is 5.02 Å². The number of hydrogen-bond donors (Lipinski definition) is 1. The molecule has 168 valence electrons. The van der Waals surface area contributed by atoms with Gasteiger partial charge in [0.05, 0.1) is 19.2 Å². The van der Waals surface area contributed by atoms with Crippen molar-refractivity contribution in [3.05, 3.63) is 89.4 Å². The standard InChI is InChI=1S/C25H22ClN3O4/c1-33-21-9-5-6-17(14-21)16-28-22(15-23(30)27-19-12-10-18(26)11-13-19)24(31)29(25(28)32)20-7-3-2-4-8-20/h2-14,22H,15-16H2,1H3,(H,27,30)/t22-/m0/s1. The Labute approximate surface area is 196 Å². The summed E-state index contributed by atoms with van der Waals surface area (Å²) < 4.78 is 5.27. The Hall–Kier alpha value is -3.84. The number of para-hydroxylation sites is 1. The fraction of sp³-hybridized carbons (Fsp3) is 0.160. The number of anilines is 2. The number of benzene rings is 3. The van der Waals surface area contributed by atoms with Crippen molar-refractivity contribution in [1.82, 2.24) is 4.90 Å². The monoisotopic (exact) mass is 463 g/mol. The van der Waals surface area contributed by atoms with Crippen LogP contribution >= 0.6 is 11.6 Å². The summed E-state index contributed by atoms with van der Waals surface area (Å²) in [6.07, 6.45) is -0.180. The summed E-state index contributed by atoms with van der Waals surface area (Å²) in [5.41, 5.74) is 1.80. The fourth-order valence-electron chi connectivity index (χ4n) is 3.72. The van der Waals surface area contributed by atoms with Crippen molar-refractivity contribution < 1.29 is 19.1 Å². The van der Waals surface area contributed by atoms with Gasteiger partial charge in [-0.2, -0.15) is 0 Å². The first-order valence-electron chi connectivity index (χ1n) is 10.3. The maximum atomic E-state index is 13.3. The highest BCUT2D eigenvalue weighted by Gasteiger charge is 2.46. The van der Waals surface area contributed by atoms with Gasteiger partial charge >= 0.3 is 6.03 Å². The third-order valence-electron chi connectivity index (χ3n) is 5.33. The minimum atomic E-state index is -0.948. The summed E-state index contributed by atoms with van der Waals surface area (Å²) in [6.45, 7) is 0.157. The fourth-order valence-corrected chi connectivity index (χ4v) is 3.84. The molecule has 3 aromatic rings. The molecule has 0 aromatic heterocycles. The van der Waals surface area contributed by atoms with E-state index in [9.17, 15) is 14.4 Å². The van der Waals surface area contributed by atoms with Crippen LogP contribution in [0.3, 0.4) is 0 Å². The summed E-state index contributed by atoms with van der Waals surface area (Å²) >= 11 is 5.90. The van der Waals surface area contributed by atoms with Crippen LogP contribution in [0.25, 0.3) is 0 Å². The normalized spacial score (nSPS) is 15.6. The summed E-state index contributed by atoms with van der Waals surface area (Å²) in [7, 11) is 1.56. The first-order valence-corrected chi connectivity index (χ1v) is 10.7. The van der Waals surface area contributed by atoms with Crippen LogP contribution in [0.15, 0.2) is 78.9 Å². The van der Waals surface area contributed by atoms with Gasteiger partial charge in [0.25, 0.3) is 5.91 Å². The average Bonchev–Trinajstić information content (AvgIpc) is 3.05. The van der Waals surface area contributed by atoms with Crippen LogP contribution in [0.5, 0.6) is 5.75 Å². The number of hydrogen-bond acceptors (Lipinski definition) is 4. The maximum Gasteiger partial charge on any atom is 0.332 e. The number of carbonyl (C=O) groups excluding carboxylic acids is 3. The van der Waals surface area contributed by atoms with Gasteiger partial charge in [0.1, 0.15) is 11.8 Å². The number of nitrogens with zero attached hydrogens (tertiary/aromatic N) is 2. The van der Waals surface area contributed by atoms with E-state index in [1.807, 2.05) is 12.1 Å². The third-order valence-corrected chi connectivity index (χ3v) is 5.58. The van der Waals surface area contributed by atoms with Crippen LogP contribution in [0, 0.1) is 0 Å². The predicted octanol–water partition coefficient (Wildman–Crippen LogP) is 4.71. The highest BCUT2D eigenvalue weighted by molar-refractivity contribution is 6.30. The van der Waals surface area contributed by atoms with E-state index in [1.165, 1.54) is 4.90 Å². The molecule has 1 fully saturated rings. The molecule has 1 N–H and O–H groups in total. The molecular weight excluding hydrogens is 442 g/mol. The number of ether oxygens (including phenoxy) is 1. The Kier molecular flexibility index (Phi) is 6.60. The van der Waals surface area contributed by atoms with E-state index >= 15 is 0 Å². The van der Waals surface area contributed by atoms with Crippen LogP contribution in [0.4, 0.5) is 16.2 Å². The Bertz CT molecular complexity index is 1170. The Morgan fingerprint density at radius 3 is 2.42 bits per heavy atom. The molecule has 3 aromatic carbocycles. The van der Waals surface area contributed by atoms with Gasteiger partial charge in [-0.25, -0.2) is 9.69 Å². The van der Waals surface area contributed by atoms with E-state index < -0.39 is 18.0 Å². The maximum absolute atomic E-state index is 13.3. The number of nitrogens with one attached hydrogen (secondary N) is 1. The molecule has 0 bridgehead atoms. The molecule has 1 aliphatic heterocycles. The molecule has 7 nitrogen and oxygen atoms in total. The highest BCUT2D eigenvalue weighted by atomic mass is 35.5. The minimum Gasteiger partial charge on any atom is -0.497 e. The number of methoxy groups -OCH3 is 1. The number of imide groups is 1. The Morgan fingerprint density at radius 2 is 1.73 bits per heavy atom. The molecule has 1 atom stereocenters. The van der Waals surface area contributed by atoms with Crippen molar-refractivity contribution in [3.63, 3.8) is 0 Å². The number of amides is 4. The summed E-state index contributed by atoms with van der Waals surface area (Å²) in [5.74, 6) is -0.184.